The summed E-state index contributed by atoms with van der Waals surface area (Å²) in [6.45, 7) is 10.1. The number of nitrogens with one attached hydrogen (secondary N) is 1. The number of piperidine rings is 1. The van der Waals surface area contributed by atoms with E-state index in [2.05, 4.69) is 22.2 Å². The van der Waals surface area contributed by atoms with E-state index < -0.39 is 5.41 Å². The number of anilines is 1. The van der Waals surface area contributed by atoms with Crippen molar-refractivity contribution in [1.29, 1.82) is 0 Å². The predicted octanol–water partition coefficient (Wildman–Crippen LogP) is 4.23. The molecular formula is C23H34N4O2. The maximum Gasteiger partial charge on any atom is 0.230 e. The molecule has 1 saturated heterocycles. The molecule has 0 aliphatic carbocycles. The number of aryl methyl sites for hydroxylation is 1. The molecule has 0 saturated carbocycles. The number of aromatic nitrogens is 2. The molecule has 2 aromatic rings. The number of phenols is 1. The molecule has 1 aliphatic heterocycles. The van der Waals surface area contributed by atoms with Crippen molar-refractivity contribution in [3.05, 3.63) is 42.1 Å². The fraction of sp³-hybridized carbons (Fsp3) is 0.565. The lowest BCUT2D eigenvalue weighted by atomic mass is 9.96. The van der Waals surface area contributed by atoms with Gasteiger partial charge in [0.05, 0.1) is 12.2 Å². The van der Waals surface area contributed by atoms with Crippen molar-refractivity contribution < 1.29 is 9.90 Å². The van der Waals surface area contributed by atoms with Gasteiger partial charge in [-0.2, -0.15) is 5.10 Å². The monoisotopic (exact) mass is 398 g/mol. The minimum absolute atomic E-state index is 0.0135. The average Bonchev–Trinajstić information content (AvgIpc) is 3.15. The molecule has 1 unspecified atom stereocenters. The second-order valence-electron chi connectivity index (χ2n) is 9.19. The van der Waals surface area contributed by atoms with Crippen LogP contribution in [-0.2, 0) is 11.2 Å². The van der Waals surface area contributed by atoms with Crippen molar-refractivity contribution in [2.75, 3.05) is 18.4 Å². The van der Waals surface area contributed by atoms with Gasteiger partial charge in [-0.25, -0.2) is 4.68 Å². The van der Waals surface area contributed by atoms with Gasteiger partial charge in [0.15, 0.2) is 0 Å². The number of hydrogen-bond acceptors (Lipinski definition) is 4. The molecule has 1 fully saturated rings. The normalized spacial score (nSPS) is 17.2. The Hall–Kier alpha value is -2.34. The van der Waals surface area contributed by atoms with E-state index in [1.165, 1.54) is 5.56 Å². The van der Waals surface area contributed by atoms with Gasteiger partial charge in [0.1, 0.15) is 11.6 Å². The van der Waals surface area contributed by atoms with E-state index in [0.29, 0.717) is 17.8 Å². The number of amides is 1. The van der Waals surface area contributed by atoms with Crippen molar-refractivity contribution >= 4 is 11.7 Å². The summed E-state index contributed by atoms with van der Waals surface area (Å²) in [5.41, 5.74) is 0.839. The van der Waals surface area contributed by atoms with Crippen LogP contribution in [0.4, 0.5) is 5.82 Å². The molecule has 29 heavy (non-hydrogen) atoms. The summed E-state index contributed by atoms with van der Waals surface area (Å²) in [6.07, 6.45) is 5.95. The number of hydrogen-bond donors (Lipinski definition) is 2. The first-order valence-corrected chi connectivity index (χ1v) is 10.6. The zero-order chi connectivity index (χ0) is 21.0. The van der Waals surface area contributed by atoms with Crippen molar-refractivity contribution in [3.63, 3.8) is 0 Å². The van der Waals surface area contributed by atoms with Crippen LogP contribution in [0.3, 0.4) is 0 Å². The molecule has 2 N–H and O–H groups in total. The highest BCUT2D eigenvalue weighted by Crippen LogP contribution is 2.28. The Morgan fingerprint density at radius 3 is 2.48 bits per heavy atom. The Morgan fingerprint density at radius 1 is 1.21 bits per heavy atom. The Bertz CT molecular complexity index is 799. The zero-order valence-electron chi connectivity index (χ0n) is 18.1. The first kappa shape index (κ1) is 21.4. The van der Waals surface area contributed by atoms with Crippen LogP contribution in [0.5, 0.6) is 5.75 Å². The number of phenolic OH excluding ortho intramolecular Hbond substituents is 1. The molecule has 3 rings (SSSR count). The number of nitrogens with zero attached hydrogens (tertiary/aromatic N) is 3. The van der Waals surface area contributed by atoms with Gasteiger partial charge in [-0.05, 0) is 50.3 Å². The summed E-state index contributed by atoms with van der Waals surface area (Å²) in [5, 5.41) is 16.9. The van der Waals surface area contributed by atoms with Crippen LogP contribution in [0.2, 0.25) is 0 Å². The van der Waals surface area contributed by atoms with Gasteiger partial charge in [0, 0.05) is 30.6 Å². The number of aromatic hydroxyl groups is 1. The first-order valence-electron chi connectivity index (χ1n) is 10.6. The highest BCUT2D eigenvalue weighted by Gasteiger charge is 2.27. The summed E-state index contributed by atoms with van der Waals surface area (Å²) in [5.74, 6) is 1.13. The van der Waals surface area contributed by atoms with Gasteiger partial charge >= 0.3 is 0 Å². The fourth-order valence-corrected chi connectivity index (χ4v) is 3.80. The molecule has 0 radical (unpaired) electrons. The van der Waals surface area contributed by atoms with E-state index in [-0.39, 0.29) is 5.91 Å². The van der Waals surface area contributed by atoms with Crippen LogP contribution in [0.1, 0.15) is 58.6 Å². The van der Waals surface area contributed by atoms with Crippen molar-refractivity contribution in [1.82, 2.24) is 14.7 Å². The van der Waals surface area contributed by atoms with Gasteiger partial charge in [0.25, 0.3) is 0 Å². The minimum Gasteiger partial charge on any atom is -0.508 e. The number of carbonyl (C=O) groups excluding carboxylic acids is 1. The SMILES string of the molecule is CC(CCc1ccc(O)cc1)N1CCC(n2nccc2NC(=O)C(C)(C)C)CC1. The number of carbonyl (C=O) groups is 1. The number of benzene rings is 1. The second kappa shape index (κ2) is 8.99. The zero-order valence-corrected chi connectivity index (χ0v) is 18.1. The maximum absolute atomic E-state index is 12.3. The molecule has 2 heterocycles. The van der Waals surface area contributed by atoms with Gasteiger partial charge in [-0.3, -0.25) is 4.79 Å². The highest BCUT2D eigenvalue weighted by atomic mass is 16.3. The van der Waals surface area contributed by atoms with E-state index in [9.17, 15) is 9.90 Å². The van der Waals surface area contributed by atoms with Gasteiger partial charge < -0.3 is 15.3 Å². The second-order valence-corrected chi connectivity index (χ2v) is 9.19. The Labute approximate surface area is 173 Å². The molecule has 0 spiro atoms. The van der Waals surface area contributed by atoms with Crippen LogP contribution < -0.4 is 5.32 Å². The number of likely N-dealkylation sites (tertiary alicyclic amines) is 1. The number of rotatable bonds is 6. The van der Waals surface area contributed by atoms with Crippen LogP contribution >= 0.6 is 0 Å². The molecule has 1 atom stereocenters. The van der Waals surface area contributed by atoms with Crippen molar-refractivity contribution in [2.24, 2.45) is 5.41 Å². The predicted molar refractivity (Wildman–Crippen MR) is 116 cm³/mol. The fourth-order valence-electron chi connectivity index (χ4n) is 3.80. The molecular weight excluding hydrogens is 364 g/mol. The quantitative estimate of drug-likeness (QED) is 0.764. The summed E-state index contributed by atoms with van der Waals surface area (Å²) in [7, 11) is 0. The lowest BCUT2D eigenvalue weighted by Crippen LogP contribution is -2.41. The maximum atomic E-state index is 12.3. The summed E-state index contributed by atoms with van der Waals surface area (Å²) < 4.78 is 1.99. The lowest BCUT2D eigenvalue weighted by molar-refractivity contribution is -0.123. The largest absolute Gasteiger partial charge is 0.508 e. The Morgan fingerprint density at radius 2 is 1.86 bits per heavy atom. The molecule has 0 bridgehead atoms. The smallest absolute Gasteiger partial charge is 0.230 e. The Balaban J connectivity index is 1.51. The third-order valence-corrected chi connectivity index (χ3v) is 5.85. The van der Waals surface area contributed by atoms with E-state index in [1.807, 2.05) is 43.7 Å². The molecule has 1 aliphatic rings. The van der Waals surface area contributed by atoms with Crippen molar-refractivity contribution in [2.45, 2.75) is 65.5 Å². The summed E-state index contributed by atoms with van der Waals surface area (Å²) in [6, 6.07) is 10.2. The molecule has 1 amide bonds. The van der Waals surface area contributed by atoms with Crippen LogP contribution in [0.15, 0.2) is 36.5 Å². The van der Waals surface area contributed by atoms with Gasteiger partial charge in [-0.15, -0.1) is 0 Å². The van der Waals surface area contributed by atoms with Crippen LogP contribution in [0, 0.1) is 5.41 Å². The molecule has 6 nitrogen and oxygen atoms in total. The average molecular weight is 399 g/mol. The topological polar surface area (TPSA) is 70.4 Å². The molecule has 1 aromatic carbocycles. The van der Waals surface area contributed by atoms with Gasteiger partial charge in [-0.1, -0.05) is 32.9 Å². The van der Waals surface area contributed by atoms with Crippen LogP contribution in [0.25, 0.3) is 0 Å². The third kappa shape index (κ3) is 5.60. The Kier molecular flexibility index (Phi) is 6.63. The standard InChI is InChI=1S/C23H34N4O2/c1-17(5-6-18-7-9-20(28)10-8-18)26-15-12-19(13-16-26)27-21(11-14-24-27)25-22(29)23(2,3)4/h7-11,14,17,19,28H,5-6,12-13,15-16H2,1-4H3,(H,25,29). The third-order valence-electron chi connectivity index (χ3n) is 5.85. The summed E-state index contributed by atoms with van der Waals surface area (Å²) in [4.78, 5) is 14.9. The van der Waals surface area contributed by atoms with Crippen LogP contribution in [-0.4, -0.2) is 44.8 Å². The molecule has 6 heteroatoms. The van der Waals surface area contributed by atoms with E-state index >= 15 is 0 Å². The van der Waals surface area contributed by atoms with E-state index in [0.717, 1.165) is 44.6 Å². The van der Waals surface area contributed by atoms with Crippen molar-refractivity contribution in [3.8, 4) is 5.75 Å². The summed E-state index contributed by atoms with van der Waals surface area (Å²) >= 11 is 0. The van der Waals surface area contributed by atoms with E-state index in [1.54, 1.807) is 18.3 Å². The molecule has 1 aromatic heterocycles. The van der Waals surface area contributed by atoms with Gasteiger partial charge in [0.2, 0.25) is 5.91 Å². The highest BCUT2D eigenvalue weighted by molar-refractivity contribution is 5.93. The lowest BCUT2D eigenvalue weighted by Gasteiger charge is -2.36. The minimum atomic E-state index is -0.425. The first-order chi connectivity index (χ1) is 13.7. The molecule has 158 valence electrons. The van der Waals surface area contributed by atoms with E-state index in [4.69, 9.17) is 0 Å².